The number of nitrogens with zero attached hydrogens (tertiary/aromatic N) is 2. The van der Waals surface area contributed by atoms with Gasteiger partial charge in [-0.1, -0.05) is 66.5 Å². The number of rotatable bonds is 4. The van der Waals surface area contributed by atoms with Crippen molar-refractivity contribution in [1.82, 2.24) is 0 Å². The van der Waals surface area contributed by atoms with Crippen molar-refractivity contribution in [3.63, 3.8) is 0 Å². The number of aromatic hydroxyl groups is 2. The molecule has 3 rings (SSSR count). The van der Waals surface area contributed by atoms with Crippen molar-refractivity contribution >= 4 is 12.4 Å². The molecule has 0 amide bonds. The van der Waals surface area contributed by atoms with Gasteiger partial charge in [-0.25, -0.2) is 0 Å². The van der Waals surface area contributed by atoms with Crippen LogP contribution in [-0.4, -0.2) is 34.7 Å². The Morgan fingerprint density at radius 1 is 0.694 bits per heavy atom. The molecule has 2 N–H and O–H groups in total. The first-order valence-corrected chi connectivity index (χ1v) is 12.5. The molecule has 2 aromatic rings. The number of phenolic OH excluding ortho intramolecular Hbond substituents is 2. The van der Waals surface area contributed by atoms with E-state index in [1.165, 1.54) is 0 Å². The number of hydrogen-bond acceptors (Lipinski definition) is 4. The van der Waals surface area contributed by atoms with Crippen LogP contribution < -0.4 is 12.4 Å². The van der Waals surface area contributed by atoms with E-state index in [2.05, 4.69) is 67.5 Å². The van der Waals surface area contributed by atoms with Crippen molar-refractivity contribution in [3.8, 4) is 11.5 Å². The fraction of sp³-hybridized carbons (Fsp3) is 0.533. The van der Waals surface area contributed by atoms with Gasteiger partial charge in [0.05, 0.1) is 12.1 Å². The first-order valence-electron chi connectivity index (χ1n) is 12.5. The van der Waals surface area contributed by atoms with E-state index in [4.69, 9.17) is 9.98 Å². The van der Waals surface area contributed by atoms with Gasteiger partial charge in [-0.2, -0.15) is 0 Å². The molecule has 1 saturated carbocycles. The smallest absolute Gasteiger partial charge is 0.128 e. The SMILES string of the molecule is Cc1cc(C=NC2CCCCC2N=Cc2cc(C)cc(C(C)(C)C)c2O)c(O)c(C(C)(C)C)c1.[Cl-].[Mn]. The van der Waals surface area contributed by atoms with Crippen LogP contribution in [0, 0.1) is 13.8 Å². The van der Waals surface area contributed by atoms with Crippen LogP contribution in [-0.2, 0) is 27.9 Å². The first-order chi connectivity index (χ1) is 15.8. The number of hydrogen-bond donors (Lipinski definition) is 2. The van der Waals surface area contributed by atoms with E-state index < -0.39 is 0 Å². The molecule has 1 radical (unpaired) electrons. The Morgan fingerprint density at radius 2 is 1.03 bits per heavy atom. The van der Waals surface area contributed by atoms with Crippen LogP contribution in [0.4, 0.5) is 0 Å². The van der Waals surface area contributed by atoms with E-state index in [-0.39, 0.29) is 52.4 Å². The van der Waals surface area contributed by atoms with E-state index in [1.54, 1.807) is 0 Å². The van der Waals surface area contributed by atoms with Gasteiger partial charge in [0.25, 0.3) is 0 Å². The second-order valence-corrected chi connectivity index (χ2v) is 12.0. The van der Waals surface area contributed by atoms with Crippen molar-refractivity contribution in [2.75, 3.05) is 0 Å². The molecule has 0 saturated heterocycles. The molecular weight excluding hydrogens is 511 g/mol. The quantitative estimate of drug-likeness (QED) is 0.442. The second kappa shape index (κ2) is 12.6. The molecule has 0 aliphatic heterocycles. The van der Waals surface area contributed by atoms with Crippen molar-refractivity contribution in [2.24, 2.45) is 9.98 Å². The molecule has 36 heavy (non-hydrogen) atoms. The van der Waals surface area contributed by atoms with Crippen LogP contribution in [0.1, 0.15) is 101 Å². The molecule has 0 bridgehead atoms. The van der Waals surface area contributed by atoms with Crippen molar-refractivity contribution in [3.05, 3.63) is 57.6 Å². The summed E-state index contributed by atoms with van der Waals surface area (Å²) in [6.07, 6.45) is 7.88. The van der Waals surface area contributed by atoms with Gasteiger partial charge in [0.1, 0.15) is 11.5 Å². The predicted octanol–water partition coefficient (Wildman–Crippen LogP) is 4.16. The number of aliphatic imine (C=N–C) groups is 2. The Balaban J connectivity index is 0.00000324. The maximum Gasteiger partial charge on any atom is 0.128 e. The van der Waals surface area contributed by atoms with E-state index in [1.807, 2.05) is 24.6 Å². The average molecular weight is 553 g/mol. The van der Waals surface area contributed by atoms with Crippen LogP contribution in [0.3, 0.4) is 0 Å². The maximum atomic E-state index is 10.9. The molecular formula is C30H42ClMnN2O2-. The zero-order chi connectivity index (χ0) is 25.3. The molecule has 0 spiro atoms. The van der Waals surface area contributed by atoms with Gasteiger partial charge in [-0.3, -0.25) is 9.98 Å². The Bertz CT molecular complexity index is 1010. The molecule has 4 nitrogen and oxygen atoms in total. The number of benzene rings is 2. The first kappa shape index (κ1) is 32.2. The maximum absolute atomic E-state index is 10.9. The summed E-state index contributed by atoms with van der Waals surface area (Å²) in [6, 6.07) is 8.23. The second-order valence-electron chi connectivity index (χ2n) is 12.0. The zero-order valence-corrected chi connectivity index (χ0v) is 24.9. The monoisotopic (exact) mass is 552 g/mol. The third-order valence-corrected chi connectivity index (χ3v) is 6.69. The Hall–Kier alpha value is -1.81. The molecule has 2 unspecified atom stereocenters. The van der Waals surface area contributed by atoms with Gasteiger partial charge in [0, 0.05) is 51.8 Å². The molecule has 0 aromatic heterocycles. The number of halogens is 1. The van der Waals surface area contributed by atoms with Crippen LogP contribution in [0.5, 0.6) is 11.5 Å². The van der Waals surface area contributed by atoms with Crippen LogP contribution in [0.2, 0.25) is 0 Å². The van der Waals surface area contributed by atoms with E-state index in [0.29, 0.717) is 11.5 Å². The van der Waals surface area contributed by atoms with Crippen molar-refractivity contribution in [2.45, 2.75) is 104 Å². The van der Waals surface area contributed by atoms with Crippen molar-refractivity contribution < 1.29 is 39.7 Å². The van der Waals surface area contributed by atoms with Gasteiger partial charge >= 0.3 is 0 Å². The fourth-order valence-electron chi connectivity index (χ4n) is 4.75. The molecule has 2 aromatic carbocycles. The third kappa shape index (κ3) is 7.84. The Kier molecular flexibility index (Phi) is 11.3. The molecule has 6 heteroatoms. The van der Waals surface area contributed by atoms with Crippen molar-refractivity contribution in [1.29, 1.82) is 0 Å². The molecule has 1 aliphatic carbocycles. The van der Waals surface area contributed by atoms with Gasteiger partial charge in [0.15, 0.2) is 0 Å². The van der Waals surface area contributed by atoms with Crippen LogP contribution in [0.25, 0.3) is 0 Å². The minimum Gasteiger partial charge on any atom is -1.00 e. The molecule has 1 fully saturated rings. The van der Waals surface area contributed by atoms with Gasteiger partial charge < -0.3 is 22.6 Å². The Morgan fingerprint density at radius 3 is 1.33 bits per heavy atom. The third-order valence-electron chi connectivity index (χ3n) is 6.69. The molecule has 2 atom stereocenters. The summed E-state index contributed by atoms with van der Waals surface area (Å²) in [5.41, 5.74) is 5.37. The minimum absolute atomic E-state index is 0. The van der Waals surface area contributed by atoms with Crippen LogP contribution >= 0.6 is 0 Å². The summed E-state index contributed by atoms with van der Waals surface area (Å²) >= 11 is 0. The molecule has 1 aliphatic rings. The summed E-state index contributed by atoms with van der Waals surface area (Å²) in [5, 5.41) is 21.8. The Labute approximate surface area is 234 Å². The normalized spacial score (nSPS) is 18.8. The van der Waals surface area contributed by atoms with E-state index in [9.17, 15) is 10.2 Å². The molecule has 0 heterocycles. The predicted molar refractivity (Wildman–Crippen MR) is 144 cm³/mol. The summed E-state index contributed by atoms with van der Waals surface area (Å²) in [4.78, 5) is 9.82. The van der Waals surface area contributed by atoms with Crippen LogP contribution in [0.15, 0.2) is 34.3 Å². The standard InChI is InChI=1S/C30H42N2O2.ClH.Mn/c1-19-13-21(27(33)23(15-19)29(3,4)5)17-31-25-11-9-10-12-26(25)32-18-22-14-20(2)16-24(28(22)34)30(6,7)8;;/h13-18,25-26,33-34H,9-12H2,1-8H3;1H;/p-1. The van der Waals surface area contributed by atoms with Gasteiger partial charge in [-0.05, 0) is 60.8 Å². The number of phenols is 2. The average Bonchev–Trinajstić information content (AvgIpc) is 2.73. The minimum atomic E-state index is -0.141. The summed E-state index contributed by atoms with van der Waals surface area (Å²) in [5.74, 6) is 0.634. The topological polar surface area (TPSA) is 65.2 Å². The van der Waals surface area contributed by atoms with Gasteiger partial charge in [-0.15, -0.1) is 0 Å². The summed E-state index contributed by atoms with van der Waals surface area (Å²) in [7, 11) is 0. The number of aryl methyl sites for hydroxylation is 2. The fourth-order valence-corrected chi connectivity index (χ4v) is 4.75. The largest absolute Gasteiger partial charge is 1.00 e. The zero-order valence-electron chi connectivity index (χ0n) is 23.0. The van der Waals surface area contributed by atoms with Gasteiger partial charge in [0.2, 0.25) is 0 Å². The van der Waals surface area contributed by atoms with E-state index in [0.717, 1.165) is 59.1 Å². The van der Waals surface area contributed by atoms with E-state index >= 15 is 0 Å². The summed E-state index contributed by atoms with van der Waals surface area (Å²) < 4.78 is 0. The summed E-state index contributed by atoms with van der Waals surface area (Å²) in [6.45, 7) is 16.8. The molecule has 199 valence electrons.